The minimum absolute atomic E-state index is 0.102. The van der Waals surface area contributed by atoms with Crippen LogP contribution < -0.4 is 16.0 Å². The Morgan fingerprint density at radius 1 is 1.04 bits per heavy atom. The molecule has 2 aromatic rings. The first-order chi connectivity index (χ1) is 12.0. The second kappa shape index (κ2) is 7.29. The van der Waals surface area contributed by atoms with Crippen LogP contribution in [0, 0.1) is 11.6 Å². The van der Waals surface area contributed by atoms with Crippen molar-refractivity contribution in [3.63, 3.8) is 0 Å². The zero-order valence-electron chi connectivity index (χ0n) is 13.3. The third-order valence-corrected chi connectivity index (χ3v) is 3.73. The quantitative estimate of drug-likeness (QED) is 0.754. The summed E-state index contributed by atoms with van der Waals surface area (Å²) >= 11 is 0. The fourth-order valence-corrected chi connectivity index (χ4v) is 2.28. The van der Waals surface area contributed by atoms with Crippen LogP contribution in [0.3, 0.4) is 0 Å². The predicted octanol–water partition coefficient (Wildman–Crippen LogP) is 2.91. The molecular formula is C18H17F2N3O2. The average Bonchev–Trinajstić information content (AvgIpc) is 3.40. The molecule has 0 radical (unpaired) electrons. The first-order valence-electron chi connectivity index (χ1n) is 7.91. The van der Waals surface area contributed by atoms with E-state index >= 15 is 0 Å². The Kier molecular flexibility index (Phi) is 4.92. The second-order valence-corrected chi connectivity index (χ2v) is 5.82. The van der Waals surface area contributed by atoms with Gasteiger partial charge in [-0.15, -0.1) is 0 Å². The lowest BCUT2D eigenvalue weighted by molar-refractivity contribution is -0.114. The van der Waals surface area contributed by atoms with E-state index in [1.807, 2.05) is 0 Å². The van der Waals surface area contributed by atoms with Crippen molar-refractivity contribution in [2.75, 3.05) is 17.2 Å². The van der Waals surface area contributed by atoms with Gasteiger partial charge in [-0.3, -0.25) is 9.59 Å². The van der Waals surface area contributed by atoms with Gasteiger partial charge in [-0.25, -0.2) is 8.78 Å². The second-order valence-electron chi connectivity index (χ2n) is 5.82. The van der Waals surface area contributed by atoms with E-state index in [1.165, 1.54) is 0 Å². The molecule has 7 heteroatoms. The Morgan fingerprint density at radius 3 is 2.56 bits per heavy atom. The highest BCUT2D eigenvalue weighted by Crippen LogP contribution is 2.21. The number of hydrogen-bond donors (Lipinski definition) is 3. The number of anilines is 2. The van der Waals surface area contributed by atoms with Crippen LogP contribution in [-0.4, -0.2) is 24.4 Å². The van der Waals surface area contributed by atoms with E-state index in [1.54, 1.807) is 24.3 Å². The Hall–Kier alpha value is -2.96. The van der Waals surface area contributed by atoms with Gasteiger partial charge in [-0.1, -0.05) is 12.1 Å². The predicted molar refractivity (Wildman–Crippen MR) is 90.4 cm³/mol. The van der Waals surface area contributed by atoms with Crippen LogP contribution in [0.25, 0.3) is 0 Å². The normalized spacial score (nSPS) is 13.2. The van der Waals surface area contributed by atoms with Gasteiger partial charge in [0.05, 0.1) is 23.5 Å². The zero-order valence-corrected chi connectivity index (χ0v) is 13.3. The number of benzene rings is 2. The lowest BCUT2D eigenvalue weighted by Crippen LogP contribution is -2.28. The molecule has 0 saturated heterocycles. The van der Waals surface area contributed by atoms with Crippen molar-refractivity contribution < 1.29 is 18.4 Å². The molecule has 25 heavy (non-hydrogen) atoms. The van der Waals surface area contributed by atoms with Gasteiger partial charge in [-0.05, 0) is 43.2 Å². The Morgan fingerprint density at radius 2 is 1.80 bits per heavy atom. The highest BCUT2D eigenvalue weighted by molar-refractivity contribution is 6.04. The van der Waals surface area contributed by atoms with Crippen molar-refractivity contribution in [2.45, 2.75) is 18.9 Å². The fraction of sp³-hybridized carbons (Fsp3) is 0.222. The molecule has 2 amide bonds. The summed E-state index contributed by atoms with van der Waals surface area (Å²) in [6.45, 7) is -0.265. The molecule has 0 atom stereocenters. The van der Waals surface area contributed by atoms with Crippen molar-refractivity contribution in [3.05, 3.63) is 59.7 Å². The van der Waals surface area contributed by atoms with Crippen molar-refractivity contribution >= 4 is 23.2 Å². The maximum absolute atomic E-state index is 13.5. The number of para-hydroxylation sites is 1. The van der Waals surface area contributed by atoms with Gasteiger partial charge in [0.15, 0.2) is 0 Å². The van der Waals surface area contributed by atoms with Crippen molar-refractivity contribution in [1.82, 2.24) is 5.32 Å². The van der Waals surface area contributed by atoms with Crippen molar-refractivity contribution in [1.29, 1.82) is 0 Å². The summed E-state index contributed by atoms with van der Waals surface area (Å²) in [6, 6.07) is 9.78. The summed E-state index contributed by atoms with van der Waals surface area (Å²) in [7, 11) is 0. The third-order valence-electron chi connectivity index (χ3n) is 3.73. The smallest absolute Gasteiger partial charge is 0.253 e. The molecule has 1 fully saturated rings. The van der Waals surface area contributed by atoms with Crippen LogP contribution in [0.4, 0.5) is 20.2 Å². The summed E-state index contributed by atoms with van der Waals surface area (Å²) in [5.74, 6) is -1.98. The summed E-state index contributed by atoms with van der Waals surface area (Å²) in [4.78, 5) is 24.3. The standard InChI is InChI=1S/C18H17F2N3O2/c19-11-5-8-14(20)16(9-11)21-10-17(24)23-15-4-2-1-3-13(15)18(25)22-12-6-7-12/h1-5,8-9,12,21H,6-7,10H2,(H,22,25)(H,23,24). The number of nitrogens with one attached hydrogen (secondary N) is 3. The van der Waals surface area contributed by atoms with E-state index in [4.69, 9.17) is 0 Å². The maximum atomic E-state index is 13.5. The average molecular weight is 345 g/mol. The fourth-order valence-electron chi connectivity index (χ4n) is 2.28. The molecule has 0 aromatic heterocycles. The zero-order chi connectivity index (χ0) is 17.8. The number of hydrogen-bond acceptors (Lipinski definition) is 3. The lowest BCUT2D eigenvalue weighted by Gasteiger charge is -2.12. The number of amides is 2. The van der Waals surface area contributed by atoms with E-state index < -0.39 is 17.5 Å². The van der Waals surface area contributed by atoms with Gasteiger partial charge in [0.1, 0.15) is 11.6 Å². The molecule has 0 heterocycles. The van der Waals surface area contributed by atoms with Crippen LogP contribution in [0.15, 0.2) is 42.5 Å². The molecule has 0 spiro atoms. The Labute approximate surface area is 143 Å². The summed E-state index contributed by atoms with van der Waals surface area (Å²) in [6.07, 6.45) is 1.92. The van der Waals surface area contributed by atoms with Crippen LogP contribution >= 0.6 is 0 Å². The number of carbonyl (C=O) groups is 2. The summed E-state index contributed by atoms with van der Waals surface area (Å²) < 4.78 is 26.6. The van der Waals surface area contributed by atoms with Crippen LogP contribution in [0.5, 0.6) is 0 Å². The first kappa shape index (κ1) is 16.9. The highest BCUT2D eigenvalue weighted by Gasteiger charge is 2.25. The molecule has 3 rings (SSSR count). The number of halogens is 2. The molecule has 0 aliphatic heterocycles. The minimum Gasteiger partial charge on any atom is -0.374 e. The van der Waals surface area contributed by atoms with Crippen LogP contribution in [0.2, 0.25) is 0 Å². The molecule has 1 aliphatic rings. The number of rotatable bonds is 6. The van der Waals surface area contributed by atoms with Gasteiger partial charge >= 0.3 is 0 Å². The molecule has 130 valence electrons. The molecule has 5 nitrogen and oxygen atoms in total. The van der Waals surface area contributed by atoms with Gasteiger partial charge in [0.2, 0.25) is 5.91 Å². The topological polar surface area (TPSA) is 70.2 Å². The maximum Gasteiger partial charge on any atom is 0.253 e. The molecule has 3 N–H and O–H groups in total. The number of carbonyl (C=O) groups excluding carboxylic acids is 2. The summed E-state index contributed by atoms with van der Waals surface area (Å²) in [5.41, 5.74) is 0.627. The SMILES string of the molecule is O=C(CNc1cc(F)ccc1F)Nc1ccccc1C(=O)NC1CC1. The monoisotopic (exact) mass is 345 g/mol. The first-order valence-corrected chi connectivity index (χ1v) is 7.91. The largest absolute Gasteiger partial charge is 0.374 e. The van der Waals surface area contributed by atoms with Gasteiger partial charge < -0.3 is 16.0 Å². The molecular weight excluding hydrogens is 328 g/mol. The third kappa shape index (κ3) is 4.53. The van der Waals surface area contributed by atoms with E-state index in [2.05, 4.69) is 16.0 Å². The molecule has 0 unspecified atom stereocenters. The van der Waals surface area contributed by atoms with E-state index in [0.717, 1.165) is 31.0 Å². The van der Waals surface area contributed by atoms with Crippen molar-refractivity contribution in [3.8, 4) is 0 Å². The highest BCUT2D eigenvalue weighted by atomic mass is 19.1. The van der Waals surface area contributed by atoms with Crippen LogP contribution in [0.1, 0.15) is 23.2 Å². The Bertz CT molecular complexity index is 807. The molecule has 2 aromatic carbocycles. The van der Waals surface area contributed by atoms with Crippen molar-refractivity contribution in [2.24, 2.45) is 0 Å². The minimum atomic E-state index is -0.654. The Balaban J connectivity index is 1.62. The molecule has 1 saturated carbocycles. The lowest BCUT2D eigenvalue weighted by atomic mass is 10.1. The molecule has 1 aliphatic carbocycles. The van der Waals surface area contributed by atoms with Crippen LogP contribution in [-0.2, 0) is 4.79 Å². The summed E-state index contributed by atoms with van der Waals surface area (Å²) in [5, 5.41) is 8.01. The van der Waals surface area contributed by atoms with Gasteiger partial charge in [0, 0.05) is 6.04 Å². The van der Waals surface area contributed by atoms with Gasteiger partial charge in [0.25, 0.3) is 5.91 Å². The molecule has 0 bridgehead atoms. The van der Waals surface area contributed by atoms with E-state index in [-0.39, 0.29) is 24.2 Å². The van der Waals surface area contributed by atoms with Gasteiger partial charge in [-0.2, -0.15) is 0 Å². The van der Waals surface area contributed by atoms with E-state index in [0.29, 0.717) is 11.3 Å². The van der Waals surface area contributed by atoms with E-state index in [9.17, 15) is 18.4 Å².